The monoisotopic (exact) mass is 1110 g/mol. The van der Waals surface area contributed by atoms with Gasteiger partial charge in [-0.15, -0.1) is 15.3 Å². The molecule has 20 nitrogen and oxygen atoms in total. The number of methoxy groups -OCH3 is 4. The van der Waals surface area contributed by atoms with E-state index in [1.54, 1.807) is 92.8 Å². The number of halogens is 4. The summed E-state index contributed by atoms with van der Waals surface area (Å²) < 4.78 is 82.1. The SMILES string of the molecule is CCOC(=O)Cc1nnn(CC[C@H]2O[C@H](c3cccc(OC)c3OC)c3cc(Cl)cc(F)c3-n3cccc32)n1.CCOC(=O)Cc1nnnn1CC[C@H]1O[C@H](c2cccc(OC)c2OC)c2cc(Cl)cc(F)c2-n2cccc21. The highest BCUT2D eigenvalue weighted by molar-refractivity contribution is 6.31. The van der Waals surface area contributed by atoms with Crippen LogP contribution in [0, 0.1) is 11.6 Å². The van der Waals surface area contributed by atoms with E-state index in [2.05, 4.69) is 30.9 Å². The number of rotatable bonds is 18. The van der Waals surface area contributed by atoms with E-state index in [0.717, 1.165) is 11.4 Å². The number of fused-ring (bicyclic) bond motifs is 6. The van der Waals surface area contributed by atoms with E-state index in [9.17, 15) is 9.59 Å². The summed E-state index contributed by atoms with van der Waals surface area (Å²) in [5, 5.41) is 24.5. The standard InChI is InChI=1S/2C27H27ClFN5O5/c1-4-38-24(35)15-23-30-31-32-34(23)12-10-21-20-8-6-11-33(20)25-18(13-16(28)14-19(25)29)26(39-21)17-7-5-9-22(36-2)27(17)37-3;1-4-38-24(35)15-23-30-32-34(31-23)12-10-21-20-8-6-11-33(20)25-18(13-16(28)14-19(25)29)26(39-21)17-7-5-9-22(36-2)27(17)37-3/h2*5-9,11,13-14,21,26H,4,10,12,15H2,1-3H3/t2*21-,26-/m11/s1. The average Bonchev–Trinajstić information content (AvgIpc) is 4.45. The highest BCUT2D eigenvalue weighted by atomic mass is 35.5. The van der Waals surface area contributed by atoms with Crippen LogP contribution < -0.4 is 18.9 Å². The van der Waals surface area contributed by atoms with Crippen molar-refractivity contribution in [3.8, 4) is 34.4 Å². The maximum absolute atomic E-state index is 15.6. The number of tetrazole rings is 2. The molecular weight excluding hydrogens is 1060 g/mol. The number of carbonyl (C=O) groups is 2. The summed E-state index contributed by atoms with van der Waals surface area (Å²) in [5.41, 5.74) is 4.55. The Morgan fingerprint density at radius 1 is 0.615 bits per heavy atom. The first-order valence-corrected chi connectivity index (χ1v) is 25.5. The molecule has 0 saturated carbocycles. The number of carbonyl (C=O) groups excluding carboxylic acids is 2. The van der Waals surface area contributed by atoms with E-state index < -0.39 is 48.0 Å². The highest BCUT2D eigenvalue weighted by Crippen LogP contribution is 2.49. The fraction of sp³-hybridized carbons (Fsp3) is 0.333. The maximum atomic E-state index is 15.6. The molecule has 0 aliphatic carbocycles. The minimum Gasteiger partial charge on any atom is -0.493 e. The van der Waals surface area contributed by atoms with Gasteiger partial charge >= 0.3 is 11.9 Å². The van der Waals surface area contributed by atoms with Crippen molar-refractivity contribution in [2.75, 3.05) is 41.7 Å². The molecule has 4 aromatic carbocycles. The van der Waals surface area contributed by atoms with Gasteiger partial charge in [0.15, 0.2) is 34.6 Å². The quantitative estimate of drug-likeness (QED) is 0.0734. The first-order chi connectivity index (χ1) is 37.9. The molecule has 0 fully saturated rings. The Hall–Kier alpha value is -7.92. The lowest BCUT2D eigenvalue weighted by Crippen LogP contribution is -2.17. The molecule has 78 heavy (non-hydrogen) atoms. The van der Waals surface area contributed by atoms with Gasteiger partial charge in [0.2, 0.25) is 0 Å². The van der Waals surface area contributed by atoms with Crippen molar-refractivity contribution < 1.29 is 56.3 Å². The van der Waals surface area contributed by atoms with Gasteiger partial charge in [-0.05, 0) is 96.6 Å². The molecule has 4 atom stereocenters. The fourth-order valence-corrected chi connectivity index (χ4v) is 10.1. The molecule has 408 valence electrons. The van der Waals surface area contributed by atoms with Crippen LogP contribution in [-0.4, -0.2) is 103 Å². The fourth-order valence-electron chi connectivity index (χ4n) is 9.69. The van der Waals surface area contributed by atoms with E-state index in [0.29, 0.717) is 88.4 Å². The van der Waals surface area contributed by atoms with Crippen LogP contribution in [0.15, 0.2) is 97.3 Å². The Morgan fingerprint density at radius 2 is 1.13 bits per heavy atom. The lowest BCUT2D eigenvalue weighted by Gasteiger charge is -2.25. The van der Waals surface area contributed by atoms with Gasteiger partial charge in [0, 0.05) is 57.7 Å². The van der Waals surface area contributed by atoms with Gasteiger partial charge < -0.3 is 47.0 Å². The van der Waals surface area contributed by atoms with Crippen LogP contribution in [0.1, 0.15) is 96.4 Å². The second-order valence-corrected chi connectivity index (χ2v) is 18.5. The summed E-state index contributed by atoms with van der Waals surface area (Å²) in [6.45, 7) is 4.67. The van der Waals surface area contributed by atoms with E-state index >= 15 is 8.78 Å². The molecule has 6 heterocycles. The summed E-state index contributed by atoms with van der Waals surface area (Å²) >= 11 is 12.7. The lowest BCUT2D eigenvalue weighted by molar-refractivity contribution is -0.143. The van der Waals surface area contributed by atoms with Gasteiger partial charge in [0.05, 0.1) is 71.0 Å². The van der Waals surface area contributed by atoms with Crippen molar-refractivity contribution in [2.45, 2.75) is 77.0 Å². The van der Waals surface area contributed by atoms with E-state index in [1.165, 1.54) is 16.9 Å². The van der Waals surface area contributed by atoms with Crippen LogP contribution in [0.2, 0.25) is 10.0 Å². The van der Waals surface area contributed by atoms with Crippen molar-refractivity contribution in [1.82, 2.24) is 49.5 Å². The zero-order chi connectivity index (χ0) is 55.0. The molecule has 0 amide bonds. The van der Waals surface area contributed by atoms with Crippen LogP contribution in [0.4, 0.5) is 8.78 Å². The summed E-state index contributed by atoms with van der Waals surface area (Å²) in [7, 11) is 6.19. The average molecular weight is 1110 g/mol. The highest BCUT2D eigenvalue weighted by Gasteiger charge is 2.37. The van der Waals surface area contributed by atoms with Gasteiger partial charge in [-0.3, -0.25) is 9.59 Å². The molecule has 2 aliphatic heterocycles. The zero-order valence-electron chi connectivity index (χ0n) is 43.3. The summed E-state index contributed by atoms with van der Waals surface area (Å²) in [6.07, 6.45) is 1.76. The maximum Gasteiger partial charge on any atom is 0.313 e. The normalized spacial score (nSPS) is 16.2. The number of ether oxygens (including phenoxy) is 8. The van der Waals surface area contributed by atoms with E-state index in [4.69, 9.17) is 61.1 Å². The third-order valence-corrected chi connectivity index (χ3v) is 13.4. The Labute approximate surface area is 456 Å². The van der Waals surface area contributed by atoms with E-state index in [-0.39, 0.29) is 41.9 Å². The number of aryl methyl sites for hydroxylation is 2. The number of nitrogens with zero attached hydrogens (tertiary/aromatic N) is 10. The van der Waals surface area contributed by atoms with Crippen molar-refractivity contribution in [1.29, 1.82) is 0 Å². The molecule has 0 saturated heterocycles. The van der Waals surface area contributed by atoms with Crippen molar-refractivity contribution in [2.24, 2.45) is 0 Å². The second-order valence-electron chi connectivity index (χ2n) is 17.6. The summed E-state index contributed by atoms with van der Waals surface area (Å²) in [6, 6.07) is 24.3. The molecule has 4 aromatic heterocycles. The van der Waals surface area contributed by atoms with Crippen LogP contribution in [0.5, 0.6) is 23.0 Å². The van der Waals surface area contributed by atoms with Crippen molar-refractivity contribution in [3.63, 3.8) is 0 Å². The van der Waals surface area contributed by atoms with Crippen LogP contribution in [0.25, 0.3) is 11.4 Å². The Morgan fingerprint density at radius 3 is 1.63 bits per heavy atom. The van der Waals surface area contributed by atoms with Gasteiger partial charge in [-0.2, -0.15) is 4.80 Å². The topological polar surface area (TPSA) is 205 Å². The molecule has 0 N–H and O–H groups in total. The van der Waals surface area contributed by atoms with Crippen LogP contribution in [-0.2, 0) is 54.5 Å². The molecule has 0 radical (unpaired) electrons. The van der Waals surface area contributed by atoms with E-state index in [1.807, 2.05) is 48.5 Å². The smallest absolute Gasteiger partial charge is 0.313 e. The third-order valence-electron chi connectivity index (χ3n) is 12.9. The molecule has 0 bridgehead atoms. The summed E-state index contributed by atoms with van der Waals surface area (Å²) in [4.78, 5) is 25.2. The molecule has 0 unspecified atom stereocenters. The molecule has 24 heteroatoms. The minimum absolute atomic E-state index is 0.0540. The largest absolute Gasteiger partial charge is 0.493 e. The van der Waals surface area contributed by atoms with Crippen molar-refractivity contribution >= 4 is 35.1 Å². The van der Waals surface area contributed by atoms with Gasteiger partial charge in [-0.25, -0.2) is 13.5 Å². The predicted molar refractivity (Wildman–Crippen MR) is 277 cm³/mol. The Kier molecular flexibility index (Phi) is 17.3. The molecule has 0 spiro atoms. The zero-order valence-corrected chi connectivity index (χ0v) is 44.8. The minimum atomic E-state index is -0.754. The van der Waals surface area contributed by atoms with Gasteiger partial charge in [0.1, 0.15) is 48.9 Å². The first-order valence-electron chi connectivity index (χ1n) is 24.8. The number of hydrogen-bond donors (Lipinski definition) is 0. The van der Waals surface area contributed by atoms with Crippen LogP contribution in [0.3, 0.4) is 0 Å². The third kappa shape index (κ3) is 11.5. The number of esters is 2. The van der Waals surface area contributed by atoms with Gasteiger partial charge in [-0.1, -0.05) is 47.5 Å². The lowest BCUT2D eigenvalue weighted by atomic mass is 9.98. The first kappa shape index (κ1) is 54.9. The number of para-hydroxylation sites is 2. The van der Waals surface area contributed by atoms with Crippen molar-refractivity contribution in [3.05, 3.63) is 164 Å². The molecular formula is C54H54Cl2F2N10O10. The van der Waals surface area contributed by atoms with Crippen LogP contribution >= 0.6 is 23.2 Å². The molecule has 8 aromatic rings. The number of benzene rings is 4. The molecule has 10 rings (SSSR count). The second kappa shape index (κ2) is 24.6. The number of aromatic nitrogens is 10. The summed E-state index contributed by atoms with van der Waals surface area (Å²) in [5.74, 6) is 0.824. The Bertz CT molecular complexity index is 3420. The number of hydrogen-bond acceptors (Lipinski definition) is 16. The predicted octanol–water partition coefficient (Wildman–Crippen LogP) is 9.26. The Balaban J connectivity index is 0.000000190. The van der Waals surface area contributed by atoms with Gasteiger partial charge in [0.25, 0.3) is 0 Å². The molecule has 2 aliphatic rings.